The van der Waals surface area contributed by atoms with Crippen molar-refractivity contribution < 1.29 is 14.9 Å². The van der Waals surface area contributed by atoms with Crippen LogP contribution >= 0.6 is 0 Å². The lowest BCUT2D eigenvalue weighted by molar-refractivity contribution is -0.0402. The van der Waals surface area contributed by atoms with Gasteiger partial charge in [0.05, 0.1) is 5.39 Å². The smallest absolute Gasteiger partial charge is 0.164 e. The van der Waals surface area contributed by atoms with Gasteiger partial charge in [-0.05, 0) is 20.2 Å². The number of hydrogen-bond donors (Lipinski definition) is 3. The number of likely N-dealkylation sites (N-methyl/N-ethyl adjacent to an activating group) is 1. The lowest BCUT2D eigenvalue weighted by Gasteiger charge is -2.19. The third-order valence-corrected chi connectivity index (χ3v) is 3.70. The van der Waals surface area contributed by atoms with Crippen LogP contribution in [-0.4, -0.2) is 68.6 Å². The molecule has 0 amide bonds. The van der Waals surface area contributed by atoms with Gasteiger partial charge in [-0.2, -0.15) is 0 Å². The number of rotatable bonds is 3. The van der Waals surface area contributed by atoms with E-state index < -0.39 is 24.5 Å². The third kappa shape index (κ3) is 2.36. The van der Waals surface area contributed by atoms with Crippen LogP contribution in [-0.2, 0) is 4.74 Å². The number of fused-ring (bicyclic) bond motifs is 1. The Morgan fingerprint density at radius 1 is 1.33 bits per heavy atom. The van der Waals surface area contributed by atoms with Gasteiger partial charge >= 0.3 is 0 Å². The van der Waals surface area contributed by atoms with E-state index in [1.807, 2.05) is 19.0 Å². The van der Waals surface area contributed by atoms with Crippen LogP contribution in [0.5, 0.6) is 0 Å². The minimum Gasteiger partial charge on any atom is -0.387 e. The topological polar surface area (TPSA) is 110 Å². The summed E-state index contributed by atoms with van der Waals surface area (Å²) in [6.45, 7) is 0.519. The molecule has 8 heteroatoms. The van der Waals surface area contributed by atoms with Crippen molar-refractivity contribution in [3.63, 3.8) is 0 Å². The molecule has 1 fully saturated rings. The van der Waals surface area contributed by atoms with Gasteiger partial charge in [-0.1, -0.05) is 0 Å². The number of nitrogen functional groups attached to an aromatic ring is 1. The number of aliphatic hydroxyl groups excluding tert-OH is 2. The summed E-state index contributed by atoms with van der Waals surface area (Å²) in [7, 11) is 3.77. The van der Waals surface area contributed by atoms with Gasteiger partial charge in [0.2, 0.25) is 0 Å². The first kappa shape index (κ1) is 14.2. The Hall–Kier alpha value is -1.74. The molecular formula is C13H19N5O3. The van der Waals surface area contributed by atoms with E-state index in [9.17, 15) is 10.2 Å². The zero-order valence-electron chi connectivity index (χ0n) is 11.9. The molecule has 0 spiro atoms. The largest absolute Gasteiger partial charge is 0.387 e. The van der Waals surface area contributed by atoms with Gasteiger partial charge in [-0.3, -0.25) is 0 Å². The molecule has 3 heterocycles. The Bertz CT molecular complexity index is 644. The monoisotopic (exact) mass is 293 g/mol. The van der Waals surface area contributed by atoms with Gasteiger partial charge in [-0.15, -0.1) is 0 Å². The molecule has 0 bridgehead atoms. The van der Waals surface area contributed by atoms with Gasteiger partial charge in [0.1, 0.15) is 36.1 Å². The molecule has 4 atom stereocenters. The minimum absolute atomic E-state index is 0.372. The van der Waals surface area contributed by atoms with Crippen molar-refractivity contribution in [3.05, 3.63) is 18.6 Å². The molecule has 1 aliphatic rings. The summed E-state index contributed by atoms with van der Waals surface area (Å²) in [6.07, 6.45) is -0.0402. The van der Waals surface area contributed by atoms with E-state index in [0.717, 1.165) is 0 Å². The zero-order chi connectivity index (χ0) is 15.1. The quantitative estimate of drug-likeness (QED) is 0.679. The Morgan fingerprint density at radius 2 is 2.10 bits per heavy atom. The molecular weight excluding hydrogens is 274 g/mol. The molecule has 0 aromatic carbocycles. The number of aliphatic hydroxyl groups is 2. The molecule has 1 aliphatic heterocycles. The van der Waals surface area contributed by atoms with E-state index in [1.165, 1.54) is 6.33 Å². The number of nitrogens with two attached hydrogens (primary N) is 1. The summed E-state index contributed by atoms with van der Waals surface area (Å²) in [5.41, 5.74) is 6.37. The van der Waals surface area contributed by atoms with Crippen LogP contribution in [0.25, 0.3) is 11.0 Å². The van der Waals surface area contributed by atoms with Crippen LogP contribution in [0.3, 0.4) is 0 Å². The van der Waals surface area contributed by atoms with Crippen LogP contribution < -0.4 is 5.73 Å². The molecule has 0 aliphatic carbocycles. The van der Waals surface area contributed by atoms with E-state index in [2.05, 4.69) is 9.97 Å². The van der Waals surface area contributed by atoms with Crippen molar-refractivity contribution in [2.24, 2.45) is 0 Å². The number of hydrogen-bond acceptors (Lipinski definition) is 7. The van der Waals surface area contributed by atoms with Crippen LogP contribution in [0, 0.1) is 0 Å². The van der Waals surface area contributed by atoms with Crippen LogP contribution in [0.4, 0.5) is 5.82 Å². The fourth-order valence-corrected chi connectivity index (χ4v) is 2.67. The normalized spacial score (nSPS) is 29.6. The Kier molecular flexibility index (Phi) is 3.54. The van der Waals surface area contributed by atoms with Gasteiger partial charge < -0.3 is 30.2 Å². The average molecular weight is 293 g/mol. The lowest BCUT2D eigenvalue weighted by atomic mass is 10.1. The molecule has 3 rings (SSSR count). The highest BCUT2D eigenvalue weighted by molar-refractivity contribution is 5.86. The SMILES string of the molecule is CN(C)C[C@H]1O[C@@H](n2ccc3c(N)ncnc32)[C@H](O)[C@@H]1O. The first-order valence-corrected chi connectivity index (χ1v) is 6.72. The van der Waals surface area contributed by atoms with Crippen LogP contribution in [0.2, 0.25) is 0 Å². The summed E-state index contributed by atoms with van der Waals surface area (Å²) >= 11 is 0. The highest BCUT2D eigenvalue weighted by Gasteiger charge is 2.44. The van der Waals surface area contributed by atoms with Crippen molar-refractivity contribution in [1.29, 1.82) is 0 Å². The van der Waals surface area contributed by atoms with Crippen molar-refractivity contribution >= 4 is 16.9 Å². The number of ether oxygens (including phenoxy) is 1. The summed E-state index contributed by atoms with van der Waals surface area (Å²) in [6, 6.07) is 1.77. The van der Waals surface area contributed by atoms with Gasteiger partial charge in [-0.25, -0.2) is 9.97 Å². The van der Waals surface area contributed by atoms with Crippen molar-refractivity contribution in [1.82, 2.24) is 19.4 Å². The number of nitrogens with zero attached hydrogens (tertiary/aromatic N) is 4. The van der Waals surface area contributed by atoms with Gasteiger partial charge in [0.25, 0.3) is 0 Å². The summed E-state index contributed by atoms with van der Waals surface area (Å²) in [4.78, 5) is 10.0. The van der Waals surface area contributed by atoms with E-state index in [-0.39, 0.29) is 0 Å². The molecule has 0 radical (unpaired) electrons. The molecule has 2 aromatic heterocycles. The molecule has 0 unspecified atom stereocenters. The zero-order valence-corrected chi connectivity index (χ0v) is 11.9. The maximum Gasteiger partial charge on any atom is 0.164 e. The Labute approximate surface area is 121 Å². The van der Waals surface area contributed by atoms with E-state index in [4.69, 9.17) is 10.5 Å². The maximum atomic E-state index is 10.3. The second-order valence-electron chi connectivity index (χ2n) is 5.53. The van der Waals surface area contributed by atoms with E-state index in [0.29, 0.717) is 23.4 Å². The van der Waals surface area contributed by atoms with Crippen molar-refractivity contribution in [2.45, 2.75) is 24.5 Å². The highest BCUT2D eigenvalue weighted by Crippen LogP contribution is 2.32. The van der Waals surface area contributed by atoms with Crippen LogP contribution in [0.15, 0.2) is 18.6 Å². The molecule has 8 nitrogen and oxygen atoms in total. The molecule has 114 valence electrons. The van der Waals surface area contributed by atoms with Crippen molar-refractivity contribution in [2.75, 3.05) is 26.4 Å². The van der Waals surface area contributed by atoms with Crippen LogP contribution in [0.1, 0.15) is 6.23 Å². The maximum absolute atomic E-state index is 10.3. The van der Waals surface area contributed by atoms with E-state index >= 15 is 0 Å². The summed E-state index contributed by atoms with van der Waals surface area (Å²) in [5.74, 6) is 0.372. The minimum atomic E-state index is -1.03. The molecule has 21 heavy (non-hydrogen) atoms. The highest BCUT2D eigenvalue weighted by atomic mass is 16.6. The Balaban J connectivity index is 1.94. The molecule has 0 saturated carbocycles. The fraction of sp³-hybridized carbons (Fsp3) is 0.538. The van der Waals surface area contributed by atoms with E-state index in [1.54, 1.807) is 16.8 Å². The molecule has 1 saturated heterocycles. The fourth-order valence-electron chi connectivity index (χ4n) is 2.67. The van der Waals surface area contributed by atoms with Gasteiger partial charge in [0, 0.05) is 12.7 Å². The lowest BCUT2D eigenvalue weighted by Crippen LogP contribution is -2.37. The number of anilines is 1. The Morgan fingerprint density at radius 3 is 2.81 bits per heavy atom. The molecule has 2 aromatic rings. The predicted octanol–water partition coefficient (Wildman–Crippen LogP) is -0.806. The van der Waals surface area contributed by atoms with Crippen molar-refractivity contribution in [3.8, 4) is 0 Å². The first-order valence-electron chi connectivity index (χ1n) is 6.72. The summed E-state index contributed by atoms with van der Waals surface area (Å²) < 4.78 is 7.49. The first-order chi connectivity index (χ1) is 9.99. The van der Waals surface area contributed by atoms with Gasteiger partial charge in [0.15, 0.2) is 6.23 Å². The second kappa shape index (κ2) is 5.23. The average Bonchev–Trinajstić information content (AvgIpc) is 2.96. The summed E-state index contributed by atoms with van der Waals surface area (Å²) in [5, 5.41) is 21.1. The molecule has 4 N–H and O–H groups in total. The third-order valence-electron chi connectivity index (χ3n) is 3.70. The number of aromatic nitrogens is 3. The standard InChI is InChI=1S/C13H19N5O3/c1-17(2)5-8-9(19)10(20)13(21-8)18-4-3-7-11(14)15-6-16-12(7)18/h3-4,6,8-10,13,19-20H,5H2,1-2H3,(H2,14,15,16)/t8-,9-,10-,13-/m1/s1. The second-order valence-corrected chi connectivity index (χ2v) is 5.53. The predicted molar refractivity (Wildman–Crippen MR) is 76.4 cm³/mol.